The van der Waals surface area contributed by atoms with E-state index in [1.807, 2.05) is 18.2 Å². The molecule has 1 aliphatic rings. The molecule has 1 fully saturated rings. The van der Waals surface area contributed by atoms with E-state index < -0.39 is 0 Å². The molecule has 0 aromatic heterocycles. The summed E-state index contributed by atoms with van der Waals surface area (Å²) in [5, 5.41) is 12.0. The molecular weight excluding hydrogens is 294 g/mol. The second-order valence-electron chi connectivity index (χ2n) is 5.21. The molecule has 4 nitrogen and oxygen atoms in total. The summed E-state index contributed by atoms with van der Waals surface area (Å²) in [4.78, 5) is 2.32. The lowest BCUT2D eigenvalue weighted by Gasteiger charge is -2.35. The summed E-state index contributed by atoms with van der Waals surface area (Å²) in [5.74, 6) is 0.153. The highest BCUT2D eigenvalue weighted by molar-refractivity contribution is 9.10. The summed E-state index contributed by atoms with van der Waals surface area (Å²) < 4.78 is 0.995. The molecule has 1 aromatic rings. The first kappa shape index (κ1) is 13.2. The molecule has 0 aliphatic carbocycles. The zero-order chi connectivity index (χ0) is 13.3. The van der Waals surface area contributed by atoms with Crippen molar-refractivity contribution in [3.8, 4) is 0 Å². The quantitative estimate of drug-likeness (QED) is 0.382. The third-order valence-electron chi connectivity index (χ3n) is 3.54. The van der Waals surface area contributed by atoms with Gasteiger partial charge in [0.15, 0.2) is 5.84 Å². The van der Waals surface area contributed by atoms with Crippen molar-refractivity contribution in [2.75, 3.05) is 11.4 Å². The van der Waals surface area contributed by atoms with Crippen LogP contribution in [0.15, 0.2) is 27.8 Å². The summed E-state index contributed by atoms with van der Waals surface area (Å²) in [6, 6.07) is 5.81. The Morgan fingerprint density at radius 3 is 2.78 bits per heavy atom. The Morgan fingerprint density at radius 1 is 1.50 bits per heavy atom. The fourth-order valence-corrected chi connectivity index (χ4v) is 2.90. The van der Waals surface area contributed by atoms with Crippen molar-refractivity contribution >= 4 is 27.5 Å². The average molecular weight is 312 g/mol. The number of amidine groups is 1. The number of halogens is 1. The van der Waals surface area contributed by atoms with E-state index in [0.29, 0.717) is 0 Å². The zero-order valence-corrected chi connectivity index (χ0v) is 12.2. The lowest BCUT2D eigenvalue weighted by Crippen LogP contribution is -2.39. The molecule has 18 heavy (non-hydrogen) atoms. The Bertz CT molecular complexity index is 485. The number of hydrogen-bond acceptors (Lipinski definition) is 3. The van der Waals surface area contributed by atoms with E-state index in [-0.39, 0.29) is 11.4 Å². The lowest BCUT2D eigenvalue weighted by molar-refractivity contribution is 0.318. The highest BCUT2D eigenvalue weighted by Crippen LogP contribution is 2.36. The van der Waals surface area contributed by atoms with Gasteiger partial charge in [-0.05, 0) is 44.9 Å². The van der Waals surface area contributed by atoms with Crippen molar-refractivity contribution in [3.05, 3.63) is 28.2 Å². The number of rotatable bonds is 2. The van der Waals surface area contributed by atoms with Crippen molar-refractivity contribution in [3.63, 3.8) is 0 Å². The summed E-state index contributed by atoms with van der Waals surface area (Å²) in [6.45, 7) is 5.43. The molecule has 1 heterocycles. The molecule has 1 aromatic carbocycles. The molecule has 0 amide bonds. The molecule has 0 bridgehead atoms. The van der Waals surface area contributed by atoms with Gasteiger partial charge in [0.2, 0.25) is 0 Å². The molecule has 0 saturated carbocycles. The van der Waals surface area contributed by atoms with Crippen molar-refractivity contribution in [1.82, 2.24) is 0 Å². The maximum atomic E-state index is 8.89. The van der Waals surface area contributed by atoms with Gasteiger partial charge >= 0.3 is 0 Å². The van der Waals surface area contributed by atoms with E-state index in [2.05, 4.69) is 39.8 Å². The predicted molar refractivity (Wildman–Crippen MR) is 77.3 cm³/mol. The topological polar surface area (TPSA) is 61.8 Å². The highest BCUT2D eigenvalue weighted by atomic mass is 79.9. The zero-order valence-electron chi connectivity index (χ0n) is 10.7. The average Bonchev–Trinajstić information content (AvgIpc) is 2.67. The molecule has 2 rings (SSSR count). The van der Waals surface area contributed by atoms with Crippen LogP contribution in [0.4, 0.5) is 5.69 Å². The Balaban J connectivity index is 2.52. The monoisotopic (exact) mass is 311 g/mol. The third kappa shape index (κ3) is 2.32. The van der Waals surface area contributed by atoms with E-state index in [1.165, 1.54) is 0 Å². The summed E-state index contributed by atoms with van der Waals surface area (Å²) >= 11 is 3.48. The number of anilines is 1. The van der Waals surface area contributed by atoms with Gasteiger partial charge in [-0.3, -0.25) is 0 Å². The fourth-order valence-electron chi connectivity index (χ4n) is 2.55. The van der Waals surface area contributed by atoms with Gasteiger partial charge in [0, 0.05) is 27.8 Å². The second-order valence-corrected chi connectivity index (χ2v) is 6.13. The minimum atomic E-state index is 0.102. The van der Waals surface area contributed by atoms with E-state index in [9.17, 15) is 0 Å². The van der Waals surface area contributed by atoms with Crippen LogP contribution in [0.25, 0.3) is 0 Å². The minimum Gasteiger partial charge on any atom is -0.409 e. The summed E-state index contributed by atoms with van der Waals surface area (Å²) in [7, 11) is 0. The van der Waals surface area contributed by atoms with Gasteiger partial charge in [-0.1, -0.05) is 21.1 Å². The van der Waals surface area contributed by atoms with Gasteiger partial charge in [0.1, 0.15) is 0 Å². The molecular formula is C13H18BrN3O. The van der Waals surface area contributed by atoms with Crippen LogP contribution in [0.1, 0.15) is 32.3 Å². The second kappa shape index (κ2) is 4.80. The van der Waals surface area contributed by atoms with Crippen LogP contribution in [0, 0.1) is 0 Å². The molecule has 0 spiro atoms. The summed E-state index contributed by atoms with van der Waals surface area (Å²) in [5.41, 5.74) is 7.65. The molecule has 0 radical (unpaired) electrons. The van der Waals surface area contributed by atoms with Crippen LogP contribution < -0.4 is 10.6 Å². The van der Waals surface area contributed by atoms with Gasteiger partial charge in [-0.25, -0.2) is 0 Å². The number of hydrogen-bond donors (Lipinski definition) is 2. The standard InChI is InChI=1S/C13H18BrN3O/c1-13(2)6-3-7-17(13)11-8-9(14)4-5-10(11)12(15)16-18/h4-5,8,18H,3,6-7H2,1-2H3,(H2,15,16). The molecule has 0 atom stereocenters. The Kier molecular flexibility index (Phi) is 3.52. The van der Waals surface area contributed by atoms with Gasteiger partial charge in [-0.2, -0.15) is 0 Å². The first-order valence-electron chi connectivity index (χ1n) is 6.01. The van der Waals surface area contributed by atoms with Crippen LogP contribution in [0.2, 0.25) is 0 Å². The van der Waals surface area contributed by atoms with Crippen LogP contribution in [0.5, 0.6) is 0 Å². The summed E-state index contributed by atoms with van der Waals surface area (Å²) in [6.07, 6.45) is 2.31. The molecule has 0 unspecified atom stereocenters. The molecule has 3 N–H and O–H groups in total. The van der Waals surface area contributed by atoms with Gasteiger partial charge in [0.05, 0.1) is 0 Å². The number of nitrogens with zero attached hydrogens (tertiary/aromatic N) is 2. The number of nitrogens with two attached hydrogens (primary N) is 1. The molecule has 1 saturated heterocycles. The van der Waals surface area contributed by atoms with Crippen LogP contribution in [-0.2, 0) is 0 Å². The first-order chi connectivity index (χ1) is 8.45. The Hall–Kier alpha value is -1.23. The van der Waals surface area contributed by atoms with E-state index >= 15 is 0 Å². The van der Waals surface area contributed by atoms with Crippen molar-refractivity contribution in [1.29, 1.82) is 0 Å². The Morgan fingerprint density at radius 2 is 2.22 bits per heavy atom. The third-order valence-corrected chi connectivity index (χ3v) is 4.03. The number of benzene rings is 1. The number of oxime groups is 1. The maximum absolute atomic E-state index is 8.89. The predicted octanol–water partition coefficient (Wildman–Crippen LogP) is 2.92. The van der Waals surface area contributed by atoms with Crippen LogP contribution in [-0.4, -0.2) is 23.1 Å². The fraction of sp³-hybridized carbons (Fsp3) is 0.462. The molecule has 1 aliphatic heterocycles. The Labute approximate surface area is 116 Å². The van der Waals surface area contributed by atoms with Crippen molar-refractivity contribution in [2.24, 2.45) is 10.9 Å². The van der Waals surface area contributed by atoms with Crippen LogP contribution >= 0.6 is 15.9 Å². The highest BCUT2D eigenvalue weighted by Gasteiger charge is 2.33. The van der Waals surface area contributed by atoms with Gasteiger partial charge in [0.25, 0.3) is 0 Å². The van der Waals surface area contributed by atoms with Crippen molar-refractivity contribution < 1.29 is 5.21 Å². The SMILES string of the molecule is CC1(C)CCCN1c1cc(Br)ccc1/C(N)=N/O. The minimum absolute atomic E-state index is 0.102. The van der Waals surface area contributed by atoms with Crippen LogP contribution in [0.3, 0.4) is 0 Å². The normalized spacial score (nSPS) is 19.3. The van der Waals surface area contributed by atoms with Gasteiger partial charge < -0.3 is 15.8 Å². The lowest BCUT2D eigenvalue weighted by atomic mass is 10.0. The smallest absolute Gasteiger partial charge is 0.172 e. The van der Waals surface area contributed by atoms with E-state index in [4.69, 9.17) is 10.9 Å². The van der Waals surface area contributed by atoms with E-state index in [0.717, 1.165) is 35.1 Å². The maximum Gasteiger partial charge on any atom is 0.172 e. The van der Waals surface area contributed by atoms with E-state index in [1.54, 1.807) is 0 Å². The molecule has 5 heteroatoms. The largest absolute Gasteiger partial charge is 0.409 e. The molecule has 98 valence electrons. The van der Waals surface area contributed by atoms with Gasteiger partial charge in [-0.15, -0.1) is 0 Å². The van der Waals surface area contributed by atoms with Crippen molar-refractivity contribution in [2.45, 2.75) is 32.2 Å². The first-order valence-corrected chi connectivity index (χ1v) is 6.80.